The molecule has 30 heavy (non-hydrogen) atoms. The third-order valence-corrected chi connectivity index (χ3v) is 3.68. The van der Waals surface area contributed by atoms with Crippen LogP contribution in [0.5, 0.6) is 0 Å². The van der Waals surface area contributed by atoms with Gasteiger partial charge in [-0.05, 0) is 20.8 Å². The summed E-state index contributed by atoms with van der Waals surface area (Å²) in [5, 5.41) is 10.1. The van der Waals surface area contributed by atoms with Crippen molar-refractivity contribution in [3.8, 4) is 0 Å². The van der Waals surface area contributed by atoms with Crippen LogP contribution in [-0.2, 0) is 19.1 Å². The number of piperazine rings is 2. The Kier molecular flexibility index (Phi) is 10.6. The van der Waals surface area contributed by atoms with E-state index >= 15 is 0 Å². The van der Waals surface area contributed by atoms with Crippen LogP contribution in [-0.4, -0.2) is 109 Å². The molecule has 2 rings (SSSR count). The van der Waals surface area contributed by atoms with Crippen molar-refractivity contribution < 1.29 is 42.2 Å². The predicted octanol–water partition coefficient (Wildman–Crippen LogP) is 0.377. The van der Waals surface area contributed by atoms with E-state index < -0.39 is 23.8 Å². The monoisotopic (exact) mass is 442 g/mol. The molecule has 3 amide bonds. The summed E-state index contributed by atoms with van der Waals surface area (Å²) >= 11 is 0. The van der Waals surface area contributed by atoms with Crippen molar-refractivity contribution in [1.29, 1.82) is 0 Å². The molecular weight excluding hydrogens is 413 g/mol. The Balaban J connectivity index is 0.000000471. The number of carbonyl (C=O) groups excluding carboxylic acids is 3. The van der Waals surface area contributed by atoms with E-state index in [1.807, 2.05) is 27.8 Å². The third kappa shape index (κ3) is 11.4. The fourth-order valence-electron chi connectivity index (χ4n) is 1.94. The van der Waals surface area contributed by atoms with E-state index in [1.165, 1.54) is 4.90 Å². The van der Waals surface area contributed by atoms with Gasteiger partial charge >= 0.3 is 18.2 Å². The van der Waals surface area contributed by atoms with Crippen LogP contribution >= 0.6 is 0 Å². The minimum absolute atomic E-state index is 0.0490. The smallest absolute Gasteiger partial charge is 0.475 e. The van der Waals surface area contributed by atoms with Crippen molar-refractivity contribution in [3.63, 3.8) is 0 Å². The summed E-state index contributed by atoms with van der Waals surface area (Å²) in [6.45, 7) is 8.94. The molecule has 0 aromatic heterocycles. The van der Waals surface area contributed by atoms with Gasteiger partial charge in [0.2, 0.25) is 11.8 Å². The highest BCUT2D eigenvalue weighted by Crippen LogP contribution is 2.13. The molecule has 0 spiro atoms. The Morgan fingerprint density at radius 1 is 1.00 bits per heavy atom. The van der Waals surface area contributed by atoms with Crippen molar-refractivity contribution in [2.45, 2.75) is 32.5 Å². The van der Waals surface area contributed by atoms with Gasteiger partial charge in [0, 0.05) is 40.3 Å². The van der Waals surface area contributed by atoms with Crippen LogP contribution in [0.25, 0.3) is 0 Å². The lowest BCUT2D eigenvalue weighted by Gasteiger charge is -2.33. The quantitative estimate of drug-likeness (QED) is 0.557. The van der Waals surface area contributed by atoms with Gasteiger partial charge in [-0.3, -0.25) is 14.5 Å². The molecule has 174 valence electrons. The lowest BCUT2D eigenvalue weighted by Crippen LogP contribution is -2.51. The van der Waals surface area contributed by atoms with Crippen molar-refractivity contribution in [3.05, 3.63) is 0 Å². The molecule has 0 aromatic rings. The van der Waals surface area contributed by atoms with Gasteiger partial charge in [0.25, 0.3) is 0 Å². The minimum atomic E-state index is -5.08. The van der Waals surface area contributed by atoms with Crippen molar-refractivity contribution in [1.82, 2.24) is 20.0 Å². The number of nitrogens with zero attached hydrogens (tertiary/aromatic N) is 3. The van der Waals surface area contributed by atoms with E-state index in [4.69, 9.17) is 14.6 Å². The average molecular weight is 442 g/mol. The molecule has 2 saturated heterocycles. The fraction of sp³-hybridized carbons (Fsp3) is 0.765. The maximum absolute atomic E-state index is 11.6. The largest absolute Gasteiger partial charge is 0.490 e. The molecule has 2 fully saturated rings. The zero-order chi connectivity index (χ0) is 23.7. The number of aliphatic carboxylic acids is 1. The van der Waals surface area contributed by atoms with Gasteiger partial charge in [0.15, 0.2) is 0 Å². The molecule has 2 heterocycles. The molecular formula is C17H29F3N4O6. The maximum Gasteiger partial charge on any atom is 0.490 e. The van der Waals surface area contributed by atoms with E-state index in [0.29, 0.717) is 19.6 Å². The lowest BCUT2D eigenvalue weighted by molar-refractivity contribution is -0.192. The standard InChI is InChI=1S/C10H18N2O3.C5H10N2O.C2HF3O2/c1-10(2,3)15-9(14)12-6-5-11(4)8(13)7-12;1-7-3-2-6-4-5(7)8;3-2(4,5)1(6)7/h5-7H2,1-4H3;6H,2-4H2,1H3;(H,6,7). The first-order chi connectivity index (χ1) is 13.5. The molecule has 0 unspecified atom stereocenters. The molecule has 2 N–H and O–H groups in total. The Bertz CT molecular complexity index is 622. The molecule has 0 aromatic carbocycles. The van der Waals surface area contributed by atoms with Gasteiger partial charge in [-0.1, -0.05) is 0 Å². The molecule has 0 radical (unpaired) electrons. The number of nitrogens with one attached hydrogen (secondary N) is 1. The Morgan fingerprint density at radius 3 is 1.83 bits per heavy atom. The number of alkyl halides is 3. The van der Waals surface area contributed by atoms with Crippen LogP contribution in [0.2, 0.25) is 0 Å². The summed E-state index contributed by atoms with van der Waals surface area (Å²) in [6, 6.07) is 0. The average Bonchev–Trinajstić information content (AvgIpc) is 2.59. The highest BCUT2D eigenvalue weighted by Gasteiger charge is 2.38. The van der Waals surface area contributed by atoms with Crippen LogP contribution in [0, 0.1) is 0 Å². The number of ether oxygens (including phenoxy) is 1. The normalized spacial score (nSPS) is 17.4. The molecule has 0 saturated carbocycles. The summed E-state index contributed by atoms with van der Waals surface area (Å²) in [7, 11) is 3.55. The summed E-state index contributed by atoms with van der Waals surface area (Å²) in [5.74, 6) is -2.61. The van der Waals surface area contributed by atoms with E-state index in [0.717, 1.165) is 13.1 Å². The van der Waals surface area contributed by atoms with Gasteiger partial charge < -0.3 is 25.0 Å². The van der Waals surface area contributed by atoms with Gasteiger partial charge in [0.1, 0.15) is 12.1 Å². The molecule has 0 atom stereocenters. The van der Waals surface area contributed by atoms with Gasteiger partial charge in [-0.25, -0.2) is 9.59 Å². The van der Waals surface area contributed by atoms with Crippen molar-refractivity contribution >= 4 is 23.9 Å². The molecule has 0 bridgehead atoms. The zero-order valence-corrected chi connectivity index (χ0v) is 17.7. The SMILES string of the molecule is CN1CCN(C(=O)OC(C)(C)C)CC1=O.CN1CCNCC1=O.O=C(O)C(F)(F)F. The summed E-state index contributed by atoms with van der Waals surface area (Å²) in [6.07, 6.45) is -5.50. The number of hydrogen-bond acceptors (Lipinski definition) is 6. The van der Waals surface area contributed by atoms with Crippen LogP contribution in [0.1, 0.15) is 20.8 Å². The molecule has 0 aliphatic carbocycles. The van der Waals surface area contributed by atoms with Gasteiger partial charge in [0.05, 0.1) is 6.54 Å². The van der Waals surface area contributed by atoms with E-state index in [9.17, 15) is 27.6 Å². The van der Waals surface area contributed by atoms with Crippen LogP contribution in [0.3, 0.4) is 0 Å². The Labute approximate surface area is 172 Å². The number of amides is 3. The zero-order valence-electron chi connectivity index (χ0n) is 17.7. The van der Waals surface area contributed by atoms with Crippen molar-refractivity contribution in [2.24, 2.45) is 0 Å². The van der Waals surface area contributed by atoms with Crippen molar-refractivity contribution in [2.75, 3.05) is 53.4 Å². The van der Waals surface area contributed by atoms with E-state index in [2.05, 4.69) is 5.32 Å². The second-order valence-electron chi connectivity index (χ2n) is 7.51. The topological polar surface area (TPSA) is 119 Å². The first-order valence-electron chi connectivity index (χ1n) is 9.01. The maximum atomic E-state index is 11.6. The summed E-state index contributed by atoms with van der Waals surface area (Å²) < 4.78 is 36.9. The second kappa shape index (κ2) is 11.6. The number of halogens is 3. The van der Waals surface area contributed by atoms with Crippen LogP contribution in [0.15, 0.2) is 0 Å². The highest BCUT2D eigenvalue weighted by molar-refractivity contribution is 5.83. The van der Waals surface area contributed by atoms with Gasteiger partial charge in [-0.2, -0.15) is 13.2 Å². The lowest BCUT2D eigenvalue weighted by atomic mass is 10.2. The molecule has 2 aliphatic rings. The fourth-order valence-corrected chi connectivity index (χ4v) is 1.94. The number of carboxylic acid groups (broad SMARTS) is 1. The molecule has 10 nitrogen and oxygen atoms in total. The minimum Gasteiger partial charge on any atom is -0.475 e. The summed E-state index contributed by atoms with van der Waals surface area (Å²) in [5.41, 5.74) is -0.510. The molecule has 2 aliphatic heterocycles. The highest BCUT2D eigenvalue weighted by atomic mass is 19.4. The number of carbonyl (C=O) groups is 4. The first kappa shape index (κ1) is 27.4. The van der Waals surface area contributed by atoms with Crippen LogP contribution < -0.4 is 5.32 Å². The number of rotatable bonds is 0. The number of likely N-dealkylation sites (N-methyl/N-ethyl adjacent to an activating group) is 2. The third-order valence-electron chi connectivity index (χ3n) is 3.68. The van der Waals surface area contributed by atoms with E-state index in [-0.39, 0.29) is 18.4 Å². The predicted molar refractivity (Wildman–Crippen MR) is 99.6 cm³/mol. The van der Waals surface area contributed by atoms with E-state index in [1.54, 1.807) is 16.8 Å². The second-order valence-corrected chi connectivity index (χ2v) is 7.51. The molecule has 13 heteroatoms. The number of carboxylic acids is 1. The Hall–Kier alpha value is -2.57. The van der Waals surface area contributed by atoms with Gasteiger partial charge in [-0.15, -0.1) is 0 Å². The first-order valence-corrected chi connectivity index (χ1v) is 9.01. The number of hydrogen-bond donors (Lipinski definition) is 2. The van der Waals surface area contributed by atoms with Crippen LogP contribution in [0.4, 0.5) is 18.0 Å². The summed E-state index contributed by atoms with van der Waals surface area (Å²) in [4.78, 5) is 47.3. The Morgan fingerprint density at radius 2 is 1.50 bits per heavy atom.